The number of carbonyl (C=O) groups excluding carboxylic acids is 3. The molecule has 3 amide bonds. The lowest BCUT2D eigenvalue weighted by atomic mass is 9.75. The van der Waals surface area contributed by atoms with Gasteiger partial charge in [-0.3, -0.25) is 19.1 Å². The van der Waals surface area contributed by atoms with Crippen LogP contribution in [0.25, 0.3) is 10.9 Å². The van der Waals surface area contributed by atoms with Gasteiger partial charge in [0, 0.05) is 17.8 Å². The van der Waals surface area contributed by atoms with E-state index in [1.807, 2.05) is 0 Å². The lowest BCUT2D eigenvalue weighted by Crippen LogP contribution is -2.50. The maximum absolute atomic E-state index is 14.3. The molecule has 0 spiro atoms. The van der Waals surface area contributed by atoms with Gasteiger partial charge in [-0.25, -0.2) is 4.39 Å². The molecule has 0 radical (unpaired) electrons. The zero-order chi connectivity index (χ0) is 23.0. The third kappa shape index (κ3) is 4.47. The van der Waals surface area contributed by atoms with Crippen molar-refractivity contribution in [3.8, 4) is 0 Å². The highest BCUT2D eigenvalue weighted by Gasteiger charge is 2.41. The fourth-order valence-electron chi connectivity index (χ4n) is 5.08. The number of halogens is 1. The van der Waals surface area contributed by atoms with E-state index in [9.17, 15) is 18.8 Å². The fraction of sp³-hybridized carbons (Fsp3) is 0.565. The summed E-state index contributed by atoms with van der Waals surface area (Å²) in [6, 6.07) is 6.15. The molecule has 0 bridgehead atoms. The fourth-order valence-corrected chi connectivity index (χ4v) is 5.08. The number of hydrogen-bond acceptors (Lipinski definition) is 4. The summed E-state index contributed by atoms with van der Waals surface area (Å²) in [6.45, 7) is 4.03. The SMILES string of the molecule is CC1(C)CCCC(NC(=O)[C@@H]2C[C@@H](F)CN2C(=O)Cn2nc(C(N)=O)c3ccccc32)C1. The number of nitrogens with two attached hydrogens (primary N) is 1. The highest BCUT2D eigenvalue weighted by Crippen LogP contribution is 2.35. The number of primary amides is 1. The number of nitrogens with one attached hydrogen (secondary N) is 1. The minimum absolute atomic E-state index is 0.0138. The monoisotopic (exact) mass is 443 g/mol. The van der Waals surface area contributed by atoms with E-state index in [2.05, 4.69) is 24.3 Å². The first kappa shape index (κ1) is 22.2. The molecular formula is C23H30FN5O3. The number of hydrogen-bond donors (Lipinski definition) is 2. The lowest BCUT2D eigenvalue weighted by Gasteiger charge is -2.36. The second-order valence-electron chi connectivity index (χ2n) is 9.75. The number of alkyl halides is 1. The van der Waals surface area contributed by atoms with Gasteiger partial charge in [-0.2, -0.15) is 5.10 Å². The summed E-state index contributed by atoms with van der Waals surface area (Å²) in [7, 11) is 0. The molecule has 2 aliphatic rings. The molecule has 1 unspecified atom stereocenters. The first-order valence-electron chi connectivity index (χ1n) is 11.1. The molecule has 3 N–H and O–H groups in total. The molecule has 4 rings (SSSR count). The number of fused-ring (bicyclic) bond motifs is 1. The summed E-state index contributed by atoms with van der Waals surface area (Å²) in [5.41, 5.74) is 6.23. The second-order valence-corrected chi connectivity index (χ2v) is 9.75. The van der Waals surface area contributed by atoms with Gasteiger partial charge in [0.2, 0.25) is 11.8 Å². The van der Waals surface area contributed by atoms with Gasteiger partial charge in [0.15, 0.2) is 5.69 Å². The van der Waals surface area contributed by atoms with Gasteiger partial charge in [-0.05, 0) is 30.7 Å². The molecule has 1 aliphatic carbocycles. The zero-order valence-corrected chi connectivity index (χ0v) is 18.5. The summed E-state index contributed by atoms with van der Waals surface area (Å²) in [5.74, 6) is -1.41. The molecule has 1 aromatic heterocycles. The van der Waals surface area contributed by atoms with Gasteiger partial charge in [0.05, 0.1) is 12.1 Å². The van der Waals surface area contributed by atoms with Crippen LogP contribution in [0.1, 0.15) is 56.4 Å². The molecule has 32 heavy (non-hydrogen) atoms. The van der Waals surface area contributed by atoms with Crippen molar-refractivity contribution in [1.29, 1.82) is 0 Å². The molecular weight excluding hydrogens is 413 g/mol. The maximum atomic E-state index is 14.3. The first-order valence-corrected chi connectivity index (χ1v) is 11.1. The van der Waals surface area contributed by atoms with Crippen LogP contribution in [0.2, 0.25) is 0 Å². The highest BCUT2D eigenvalue weighted by atomic mass is 19.1. The Morgan fingerprint density at radius 2 is 2.03 bits per heavy atom. The van der Waals surface area contributed by atoms with Crippen LogP contribution in [0.5, 0.6) is 0 Å². The smallest absolute Gasteiger partial charge is 0.269 e. The average Bonchev–Trinajstić information content (AvgIpc) is 3.28. The van der Waals surface area contributed by atoms with E-state index in [0.29, 0.717) is 10.9 Å². The van der Waals surface area contributed by atoms with Crippen molar-refractivity contribution >= 4 is 28.6 Å². The molecule has 1 aromatic carbocycles. The highest BCUT2D eigenvalue weighted by molar-refractivity contribution is 6.04. The summed E-state index contributed by atoms with van der Waals surface area (Å²) >= 11 is 0. The normalized spacial score (nSPS) is 25.1. The van der Waals surface area contributed by atoms with Crippen LogP contribution in [-0.4, -0.2) is 57.2 Å². The standard InChI is InChI=1S/C23H30FN5O3/c1-23(2)9-5-6-15(11-23)26-22(32)18-10-14(24)12-28(18)19(30)13-29-17-8-4-3-7-16(17)20(27-29)21(25)31/h3-4,7-8,14-15,18H,5-6,9-13H2,1-2H3,(H2,25,31)(H,26,32)/t14-,15?,18+/m1/s1. The van der Waals surface area contributed by atoms with E-state index >= 15 is 0 Å². The number of likely N-dealkylation sites (tertiary alicyclic amines) is 1. The van der Waals surface area contributed by atoms with Crippen molar-refractivity contribution in [2.75, 3.05) is 6.54 Å². The molecule has 1 aliphatic heterocycles. The van der Waals surface area contributed by atoms with Crippen molar-refractivity contribution in [3.05, 3.63) is 30.0 Å². The Hall–Kier alpha value is -2.97. The number of para-hydroxylation sites is 1. The van der Waals surface area contributed by atoms with Crippen LogP contribution in [0.15, 0.2) is 24.3 Å². The van der Waals surface area contributed by atoms with Crippen LogP contribution >= 0.6 is 0 Å². The number of carbonyl (C=O) groups is 3. The van der Waals surface area contributed by atoms with Crippen LogP contribution in [-0.2, 0) is 16.1 Å². The van der Waals surface area contributed by atoms with Crippen molar-refractivity contribution in [1.82, 2.24) is 20.0 Å². The molecule has 2 fully saturated rings. The molecule has 3 atom stereocenters. The number of rotatable bonds is 5. The Balaban J connectivity index is 1.50. The second kappa shape index (κ2) is 8.52. The summed E-state index contributed by atoms with van der Waals surface area (Å²) in [5, 5.41) is 7.80. The third-order valence-electron chi connectivity index (χ3n) is 6.60. The van der Waals surface area contributed by atoms with E-state index in [4.69, 9.17) is 5.73 Å². The van der Waals surface area contributed by atoms with E-state index in [1.54, 1.807) is 24.3 Å². The van der Waals surface area contributed by atoms with Crippen molar-refractivity contribution in [3.63, 3.8) is 0 Å². The third-order valence-corrected chi connectivity index (χ3v) is 6.60. The largest absolute Gasteiger partial charge is 0.364 e. The van der Waals surface area contributed by atoms with Crippen LogP contribution < -0.4 is 11.1 Å². The molecule has 2 aromatic rings. The average molecular weight is 444 g/mol. The molecule has 2 heterocycles. The summed E-state index contributed by atoms with van der Waals surface area (Å²) in [4.78, 5) is 39.1. The molecule has 1 saturated carbocycles. The van der Waals surface area contributed by atoms with Gasteiger partial charge in [0.25, 0.3) is 5.91 Å². The van der Waals surface area contributed by atoms with Gasteiger partial charge in [-0.15, -0.1) is 0 Å². The molecule has 172 valence electrons. The first-order chi connectivity index (χ1) is 15.1. The zero-order valence-electron chi connectivity index (χ0n) is 18.5. The summed E-state index contributed by atoms with van der Waals surface area (Å²) < 4.78 is 15.7. The number of benzene rings is 1. The Bertz CT molecular complexity index is 1050. The Morgan fingerprint density at radius 1 is 1.28 bits per heavy atom. The molecule has 9 heteroatoms. The molecule has 1 saturated heterocycles. The van der Waals surface area contributed by atoms with E-state index in [0.717, 1.165) is 25.7 Å². The van der Waals surface area contributed by atoms with Gasteiger partial charge in [-0.1, -0.05) is 38.5 Å². The number of aromatic nitrogens is 2. The van der Waals surface area contributed by atoms with Crippen molar-refractivity contribution in [2.45, 2.75) is 70.8 Å². The van der Waals surface area contributed by atoms with Crippen LogP contribution in [0.3, 0.4) is 0 Å². The predicted octanol–water partition coefficient (Wildman–Crippen LogP) is 2.16. The van der Waals surface area contributed by atoms with E-state index < -0.39 is 24.0 Å². The minimum atomic E-state index is -1.26. The minimum Gasteiger partial charge on any atom is -0.364 e. The maximum Gasteiger partial charge on any atom is 0.269 e. The Kier molecular flexibility index (Phi) is 5.92. The van der Waals surface area contributed by atoms with Crippen molar-refractivity contribution < 1.29 is 18.8 Å². The van der Waals surface area contributed by atoms with E-state index in [1.165, 1.54) is 9.58 Å². The number of nitrogens with zero attached hydrogens (tertiary/aromatic N) is 3. The van der Waals surface area contributed by atoms with Crippen LogP contribution in [0.4, 0.5) is 4.39 Å². The topological polar surface area (TPSA) is 110 Å². The Labute approximate surface area is 186 Å². The lowest BCUT2D eigenvalue weighted by molar-refractivity contribution is -0.139. The number of amides is 3. The Morgan fingerprint density at radius 3 is 2.75 bits per heavy atom. The quantitative estimate of drug-likeness (QED) is 0.738. The van der Waals surface area contributed by atoms with E-state index in [-0.39, 0.29) is 42.6 Å². The van der Waals surface area contributed by atoms with Crippen molar-refractivity contribution in [2.24, 2.45) is 11.1 Å². The summed E-state index contributed by atoms with van der Waals surface area (Å²) in [6.07, 6.45) is 2.64. The van der Waals surface area contributed by atoms with Gasteiger partial charge >= 0.3 is 0 Å². The molecule has 8 nitrogen and oxygen atoms in total. The van der Waals surface area contributed by atoms with Crippen LogP contribution in [0, 0.1) is 5.41 Å². The van der Waals surface area contributed by atoms with Gasteiger partial charge in [0.1, 0.15) is 18.8 Å². The predicted molar refractivity (Wildman–Crippen MR) is 117 cm³/mol. The van der Waals surface area contributed by atoms with Gasteiger partial charge < -0.3 is 16.0 Å².